The summed E-state index contributed by atoms with van der Waals surface area (Å²) < 4.78 is 36.9. The van der Waals surface area contributed by atoms with E-state index in [0.717, 1.165) is 13.0 Å². The minimum absolute atomic E-state index is 0.116. The monoisotopic (exact) mass is 470 g/mol. The van der Waals surface area contributed by atoms with Crippen LogP contribution in [0, 0.1) is 6.92 Å². The number of nitrogens with zero attached hydrogens (tertiary/aromatic N) is 2. The summed E-state index contributed by atoms with van der Waals surface area (Å²) >= 11 is 0. The highest BCUT2D eigenvalue weighted by molar-refractivity contribution is 5.97. The molecule has 3 rings (SSSR count). The lowest BCUT2D eigenvalue weighted by atomic mass is 9.94. The zero-order valence-electron chi connectivity index (χ0n) is 18.1. The van der Waals surface area contributed by atoms with Crippen molar-refractivity contribution in [1.29, 1.82) is 0 Å². The number of alkyl halides is 3. The first-order valence-corrected chi connectivity index (χ1v) is 10.0. The molecule has 1 amide bonds. The zero-order valence-corrected chi connectivity index (χ0v) is 18.1. The minimum Gasteiger partial charge on any atom is -0.480 e. The van der Waals surface area contributed by atoms with Gasteiger partial charge in [-0.05, 0) is 38.4 Å². The van der Waals surface area contributed by atoms with Gasteiger partial charge in [-0.3, -0.25) is 9.69 Å². The Morgan fingerprint density at radius 1 is 1.15 bits per heavy atom. The molecule has 2 heterocycles. The van der Waals surface area contributed by atoms with Crippen LogP contribution < -0.4 is 0 Å². The van der Waals surface area contributed by atoms with Gasteiger partial charge in [0.25, 0.3) is 5.91 Å². The van der Waals surface area contributed by atoms with E-state index in [0.29, 0.717) is 24.3 Å². The lowest BCUT2D eigenvalue weighted by Gasteiger charge is -2.40. The molecule has 180 valence electrons. The molecule has 0 spiro atoms. The molecule has 1 aromatic heterocycles. The molecule has 1 aliphatic rings. The number of carboxylic acid groups (broad SMARTS) is 2. The summed E-state index contributed by atoms with van der Waals surface area (Å²) in [4.78, 5) is 37.1. The molecule has 1 fully saturated rings. The highest BCUT2D eigenvalue weighted by Gasteiger charge is 2.39. The fourth-order valence-corrected chi connectivity index (χ4v) is 3.59. The number of hydrogen-bond acceptors (Lipinski definition) is 5. The van der Waals surface area contributed by atoms with E-state index in [4.69, 9.17) is 14.3 Å². The molecule has 1 aliphatic heterocycles. The predicted molar refractivity (Wildman–Crippen MR) is 111 cm³/mol. The fraction of sp³-hybridized carbons (Fsp3) is 0.409. The lowest BCUT2D eigenvalue weighted by molar-refractivity contribution is -0.192. The molecule has 2 atom stereocenters. The van der Waals surface area contributed by atoms with Gasteiger partial charge in [0.1, 0.15) is 11.8 Å². The van der Waals surface area contributed by atoms with Crippen LogP contribution >= 0.6 is 0 Å². The van der Waals surface area contributed by atoms with E-state index in [9.17, 15) is 27.9 Å². The molecule has 2 unspecified atom stereocenters. The van der Waals surface area contributed by atoms with E-state index in [1.807, 2.05) is 25.2 Å². The van der Waals surface area contributed by atoms with Gasteiger partial charge in [0.2, 0.25) is 0 Å². The van der Waals surface area contributed by atoms with E-state index in [2.05, 4.69) is 17.0 Å². The molecule has 0 aliphatic carbocycles. The normalized spacial score (nSPS) is 18.4. The topological polar surface area (TPSA) is 111 Å². The fourth-order valence-electron chi connectivity index (χ4n) is 3.59. The summed E-state index contributed by atoms with van der Waals surface area (Å²) in [5.41, 5.74) is 1.63. The number of likely N-dealkylation sites (tertiary alicyclic amines) is 1. The first-order chi connectivity index (χ1) is 15.4. The second kappa shape index (κ2) is 11.0. The minimum atomic E-state index is -5.08. The predicted octanol–water partition coefficient (Wildman–Crippen LogP) is 3.41. The summed E-state index contributed by atoms with van der Waals surface area (Å²) in [5.74, 6) is -3.47. The van der Waals surface area contributed by atoms with E-state index in [1.54, 1.807) is 13.0 Å². The Hall–Kier alpha value is -3.34. The van der Waals surface area contributed by atoms with Crippen molar-refractivity contribution < 1.29 is 42.2 Å². The van der Waals surface area contributed by atoms with Crippen LogP contribution in [0.25, 0.3) is 0 Å². The van der Waals surface area contributed by atoms with Gasteiger partial charge in [0.15, 0.2) is 0 Å². The highest BCUT2D eigenvalue weighted by Crippen LogP contribution is 2.25. The number of aliphatic carboxylic acids is 2. The molecule has 1 saturated heterocycles. The van der Waals surface area contributed by atoms with Crippen LogP contribution in [0.1, 0.15) is 34.5 Å². The van der Waals surface area contributed by atoms with Crippen LogP contribution in [0.2, 0.25) is 0 Å². The maximum Gasteiger partial charge on any atom is 0.490 e. The number of hydrogen-bond donors (Lipinski definition) is 2. The van der Waals surface area contributed by atoms with Gasteiger partial charge in [-0.2, -0.15) is 13.2 Å². The summed E-state index contributed by atoms with van der Waals surface area (Å²) in [7, 11) is 2.01. The number of aryl methyl sites for hydroxylation is 1. The quantitative estimate of drug-likeness (QED) is 0.689. The number of piperidine rings is 1. The molecule has 11 heteroatoms. The molecule has 2 aromatic rings. The number of benzene rings is 1. The highest BCUT2D eigenvalue weighted by atomic mass is 19.4. The van der Waals surface area contributed by atoms with Gasteiger partial charge in [-0.15, -0.1) is 0 Å². The van der Waals surface area contributed by atoms with Crippen LogP contribution in [0.15, 0.2) is 47.1 Å². The second-order valence-electron chi connectivity index (χ2n) is 7.62. The summed E-state index contributed by atoms with van der Waals surface area (Å²) in [6.07, 6.45) is -2.46. The van der Waals surface area contributed by atoms with Gasteiger partial charge in [-0.25, -0.2) is 9.59 Å². The summed E-state index contributed by atoms with van der Waals surface area (Å²) in [6, 6.07) is 11.0. The number of halogens is 3. The van der Waals surface area contributed by atoms with E-state index in [-0.39, 0.29) is 11.9 Å². The first kappa shape index (κ1) is 25.9. The number of carbonyl (C=O) groups excluding carboxylic acids is 1. The molecule has 8 nitrogen and oxygen atoms in total. The summed E-state index contributed by atoms with van der Waals surface area (Å²) in [6.45, 7) is 2.89. The number of rotatable bonds is 5. The Morgan fingerprint density at radius 2 is 1.76 bits per heavy atom. The van der Waals surface area contributed by atoms with Crippen molar-refractivity contribution in [2.24, 2.45) is 0 Å². The van der Waals surface area contributed by atoms with Gasteiger partial charge in [0.05, 0.1) is 11.8 Å². The number of carbonyl (C=O) groups is 3. The lowest BCUT2D eigenvalue weighted by Crippen LogP contribution is -2.54. The zero-order chi connectivity index (χ0) is 24.8. The van der Waals surface area contributed by atoms with Crippen LogP contribution in [0.5, 0.6) is 0 Å². The SMILES string of the molecule is Cc1occc1C(=O)N1CCC(N(C)Cc2ccccc2)CC1C(=O)O.O=C(O)C(F)(F)F. The number of furan rings is 1. The van der Waals surface area contributed by atoms with E-state index < -0.39 is 24.2 Å². The number of amides is 1. The van der Waals surface area contributed by atoms with Gasteiger partial charge in [-0.1, -0.05) is 30.3 Å². The maximum absolute atomic E-state index is 12.8. The van der Waals surface area contributed by atoms with Crippen molar-refractivity contribution in [2.45, 2.75) is 44.6 Å². The van der Waals surface area contributed by atoms with Crippen molar-refractivity contribution in [3.63, 3.8) is 0 Å². The van der Waals surface area contributed by atoms with Gasteiger partial charge < -0.3 is 19.5 Å². The van der Waals surface area contributed by atoms with Crippen molar-refractivity contribution in [3.05, 3.63) is 59.5 Å². The van der Waals surface area contributed by atoms with Crippen LogP contribution in [0.4, 0.5) is 13.2 Å². The van der Waals surface area contributed by atoms with Crippen molar-refractivity contribution >= 4 is 17.8 Å². The Balaban J connectivity index is 0.000000479. The maximum atomic E-state index is 12.8. The van der Waals surface area contributed by atoms with E-state index in [1.165, 1.54) is 16.7 Å². The average molecular weight is 470 g/mol. The molecule has 0 saturated carbocycles. The third-order valence-electron chi connectivity index (χ3n) is 5.35. The van der Waals surface area contributed by atoms with Crippen molar-refractivity contribution in [1.82, 2.24) is 9.80 Å². The standard InChI is InChI=1S/C20H24N2O4.C2HF3O2/c1-14-17(9-11-26-14)19(23)22-10-8-16(12-18(22)20(24)25)21(2)13-15-6-4-3-5-7-15;3-2(4,5)1(6)7/h3-7,9,11,16,18H,8,10,12-13H2,1-2H3,(H,24,25);(H,6,7). The molecular weight excluding hydrogens is 445 g/mol. The third kappa shape index (κ3) is 7.07. The Labute approximate surface area is 188 Å². The van der Waals surface area contributed by atoms with Crippen molar-refractivity contribution in [2.75, 3.05) is 13.6 Å². The summed E-state index contributed by atoms with van der Waals surface area (Å²) in [5, 5.41) is 16.8. The molecule has 0 radical (unpaired) electrons. The van der Waals surface area contributed by atoms with Crippen molar-refractivity contribution in [3.8, 4) is 0 Å². The first-order valence-electron chi connectivity index (χ1n) is 10.0. The smallest absolute Gasteiger partial charge is 0.480 e. The molecule has 0 bridgehead atoms. The van der Waals surface area contributed by atoms with Gasteiger partial charge >= 0.3 is 18.1 Å². The van der Waals surface area contributed by atoms with Crippen LogP contribution in [0.3, 0.4) is 0 Å². The third-order valence-corrected chi connectivity index (χ3v) is 5.35. The van der Waals surface area contributed by atoms with E-state index >= 15 is 0 Å². The Kier molecular flexibility index (Phi) is 8.63. The molecular formula is C22H25F3N2O6. The average Bonchev–Trinajstić information content (AvgIpc) is 3.19. The largest absolute Gasteiger partial charge is 0.490 e. The number of carboxylic acids is 2. The second-order valence-corrected chi connectivity index (χ2v) is 7.62. The van der Waals surface area contributed by atoms with Crippen LogP contribution in [-0.4, -0.2) is 69.7 Å². The molecule has 2 N–H and O–H groups in total. The Bertz CT molecular complexity index is 961. The van der Waals surface area contributed by atoms with Gasteiger partial charge in [0, 0.05) is 19.1 Å². The molecule has 1 aromatic carbocycles. The van der Waals surface area contributed by atoms with Crippen LogP contribution in [-0.2, 0) is 16.1 Å². The Morgan fingerprint density at radius 3 is 2.24 bits per heavy atom. The molecule has 33 heavy (non-hydrogen) atoms.